The molecule has 1 aromatic heterocycles. The van der Waals surface area contributed by atoms with E-state index in [0.717, 1.165) is 24.1 Å². The van der Waals surface area contributed by atoms with Gasteiger partial charge < -0.3 is 14.6 Å². The number of benzene rings is 2. The van der Waals surface area contributed by atoms with Crippen LogP contribution >= 0.6 is 0 Å². The minimum absolute atomic E-state index is 0.0284. The molecular formula is C22H22N2O3. The Balaban J connectivity index is 1.41. The van der Waals surface area contributed by atoms with E-state index in [4.69, 9.17) is 4.74 Å². The maximum atomic E-state index is 12.5. The van der Waals surface area contributed by atoms with E-state index in [0.29, 0.717) is 24.5 Å². The van der Waals surface area contributed by atoms with Gasteiger partial charge in [0.25, 0.3) is 0 Å². The number of fused-ring (bicyclic) bond motifs is 2. The number of amides is 1. The number of ether oxygens (including phenoxy) is 1. The van der Waals surface area contributed by atoms with E-state index in [-0.39, 0.29) is 17.9 Å². The average molecular weight is 362 g/mol. The predicted octanol–water partition coefficient (Wildman–Crippen LogP) is 2.76. The van der Waals surface area contributed by atoms with Gasteiger partial charge >= 0.3 is 0 Å². The average Bonchev–Trinajstić information content (AvgIpc) is 2.91. The van der Waals surface area contributed by atoms with E-state index < -0.39 is 0 Å². The Hall–Kier alpha value is -3.08. The monoisotopic (exact) mass is 362 g/mol. The minimum atomic E-state index is -0.0535. The Labute approximate surface area is 157 Å². The van der Waals surface area contributed by atoms with Crippen molar-refractivity contribution in [2.75, 3.05) is 13.2 Å². The Kier molecular flexibility index (Phi) is 4.92. The number of aromatic nitrogens is 1. The molecule has 0 saturated heterocycles. The topological polar surface area (TPSA) is 60.3 Å². The lowest BCUT2D eigenvalue weighted by Crippen LogP contribution is -2.33. The molecule has 3 aromatic rings. The van der Waals surface area contributed by atoms with Gasteiger partial charge in [-0.3, -0.25) is 9.59 Å². The molecule has 27 heavy (non-hydrogen) atoms. The fraction of sp³-hybridized carbons (Fsp3) is 0.273. The first-order valence-electron chi connectivity index (χ1n) is 9.26. The number of nitrogens with zero attached hydrogens (tertiary/aromatic N) is 1. The first-order chi connectivity index (χ1) is 13.2. The molecule has 0 saturated carbocycles. The van der Waals surface area contributed by atoms with Crippen molar-refractivity contribution in [2.24, 2.45) is 5.92 Å². The van der Waals surface area contributed by atoms with E-state index in [1.807, 2.05) is 41.0 Å². The quantitative estimate of drug-likeness (QED) is 0.776. The van der Waals surface area contributed by atoms with Crippen LogP contribution in [0.2, 0.25) is 0 Å². The van der Waals surface area contributed by atoms with Gasteiger partial charge in [-0.15, -0.1) is 0 Å². The molecule has 1 N–H and O–H groups in total. The van der Waals surface area contributed by atoms with Crippen molar-refractivity contribution in [3.8, 4) is 5.75 Å². The van der Waals surface area contributed by atoms with Gasteiger partial charge in [-0.25, -0.2) is 0 Å². The van der Waals surface area contributed by atoms with Gasteiger partial charge in [-0.2, -0.15) is 0 Å². The summed E-state index contributed by atoms with van der Waals surface area (Å²) in [7, 11) is 0. The molecule has 1 amide bonds. The Morgan fingerprint density at radius 2 is 1.93 bits per heavy atom. The summed E-state index contributed by atoms with van der Waals surface area (Å²) >= 11 is 0. The van der Waals surface area contributed by atoms with Crippen LogP contribution in [0.5, 0.6) is 5.75 Å². The van der Waals surface area contributed by atoms with Gasteiger partial charge in [0.1, 0.15) is 12.3 Å². The molecule has 1 atom stereocenters. The normalized spacial score (nSPS) is 16.2. The Morgan fingerprint density at radius 3 is 2.85 bits per heavy atom. The van der Waals surface area contributed by atoms with Crippen molar-refractivity contribution in [2.45, 2.75) is 19.4 Å². The van der Waals surface area contributed by atoms with Crippen LogP contribution in [0.4, 0.5) is 0 Å². The van der Waals surface area contributed by atoms with Crippen LogP contribution < -0.4 is 15.5 Å². The molecule has 2 heterocycles. The summed E-state index contributed by atoms with van der Waals surface area (Å²) in [4.78, 5) is 24.4. The summed E-state index contributed by atoms with van der Waals surface area (Å²) in [5, 5.41) is 3.68. The molecule has 1 aliphatic rings. The van der Waals surface area contributed by atoms with Crippen LogP contribution in [0.25, 0.3) is 10.9 Å². The third-order valence-electron chi connectivity index (χ3n) is 5.05. The van der Waals surface area contributed by atoms with Crippen molar-refractivity contribution in [1.29, 1.82) is 0 Å². The number of carbonyl (C=O) groups excluding carboxylic acids is 1. The van der Waals surface area contributed by atoms with E-state index in [1.165, 1.54) is 11.6 Å². The van der Waals surface area contributed by atoms with Gasteiger partial charge in [-0.05, 0) is 42.5 Å². The highest BCUT2D eigenvalue weighted by Crippen LogP contribution is 2.26. The summed E-state index contributed by atoms with van der Waals surface area (Å²) < 4.78 is 7.61. The second-order valence-corrected chi connectivity index (χ2v) is 6.94. The van der Waals surface area contributed by atoms with Crippen LogP contribution in [0.15, 0.2) is 65.6 Å². The molecule has 1 aliphatic heterocycles. The maximum Gasteiger partial charge on any atom is 0.239 e. The first kappa shape index (κ1) is 17.3. The summed E-state index contributed by atoms with van der Waals surface area (Å²) in [6.45, 7) is 1.48. The van der Waals surface area contributed by atoms with E-state index in [1.54, 1.807) is 12.3 Å². The number of rotatable bonds is 4. The highest BCUT2D eigenvalue weighted by molar-refractivity contribution is 5.82. The number of carbonyl (C=O) groups is 1. The third-order valence-corrected chi connectivity index (χ3v) is 5.05. The third kappa shape index (κ3) is 3.87. The summed E-state index contributed by atoms with van der Waals surface area (Å²) in [6, 6.07) is 17.0. The number of hydrogen-bond acceptors (Lipinski definition) is 3. The summed E-state index contributed by atoms with van der Waals surface area (Å²) in [5.74, 6) is 1.25. The Bertz CT molecular complexity index is 1030. The largest absolute Gasteiger partial charge is 0.493 e. The zero-order valence-corrected chi connectivity index (χ0v) is 15.1. The highest BCUT2D eigenvalue weighted by Gasteiger charge is 2.18. The molecule has 0 aliphatic carbocycles. The molecule has 5 heteroatoms. The lowest BCUT2D eigenvalue weighted by Gasteiger charge is -2.16. The zero-order chi connectivity index (χ0) is 18.6. The fourth-order valence-corrected chi connectivity index (χ4v) is 3.60. The number of hydrogen-bond donors (Lipinski definition) is 1. The molecule has 0 radical (unpaired) electrons. The van der Waals surface area contributed by atoms with Crippen molar-refractivity contribution in [1.82, 2.24) is 9.88 Å². The molecule has 0 fully saturated rings. The van der Waals surface area contributed by atoms with E-state index >= 15 is 0 Å². The van der Waals surface area contributed by atoms with Crippen molar-refractivity contribution in [3.05, 3.63) is 76.6 Å². The van der Waals surface area contributed by atoms with Gasteiger partial charge in [0, 0.05) is 24.2 Å². The lowest BCUT2D eigenvalue weighted by atomic mass is 9.97. The molecule has 138 valence electrons. The molecular weight excluding hydrogens is 340 g/mol. The zero-order valence-electron chi connectivity index (χ0n) is 15.1. The van der Waals surface area contributed by atoms with Gasteiger partial charge in [0.2, 0.25) is 5.91 Å². The summed E-state index contributed by atoms with van der Waals surface area (Å²) in [5.41, 5.74) is 1.94. The van der Waals surface area contributed by atoms with Crippen LogP contribution in [-0.4, -0.2) is 23.6 Å². The fourth-order valence-electron chi connectivity index (χ4n) is 3.60. The standard InChI is InChI=1S/C22H22N2O3/c25-20-9-11-24(19-7-3-2-6-18(19)20)15-22(26)23-14-16-10-12-27-21-8-4-1-5-17(21)13-16/h1-9,11,16H,10,12-15H2,(H,23,26)/t16-/m1/s1. The second-order valence-electron chi connectivity index (χ2n) is 6.94. The smallest absolute Gasteiger partial charge is 0.239 e. The van der Waals surface area contributed by atoms with Crippen molar-refractivity contribution < 1.29 is 9.53 Å². The van der Waals surface area contributed by atoms with E-state index in [9.17, 15) is 9.59 Å². The molecule has 0 bridgehead atoms. The van der Waals surface area contributed by atoms with Gasteiger partial charge in [-0.1, -0.05) is 30.3 Å². The van der Waals surface area contributed by atoms with Crippen molar-refractivity contribution >= 4 is 16.8 Å². The van der Waals surface area contributed by atoms with Crippen LogP contribution in [-0.2, 0) is 17.8 Å². The predicted molar refractivity (Wildman–Crippen MR) is 105 cm³/mol. The van der Waals surface area contributed by atoms with Crippen LogP contribution in [0, 0.1) is 5.92 Å². The van der Waals surface area contributed by atoms with Crippen molar-refractivity contribution in [3.63, 3.8) is 0 Å². The first-order valence-corrected chi connectivity index (χ1v) is 9.26. The van der Waals surface area contributed by atoms with Crippen LogP contribution in [0.1, 0.15) is 12.0 Å². The lowest BCUT2D eigenvalue weighted by molar-refractivity contribution is -0.121. The van der Waals surface area contributed by atoms with Gasteiger partial charge in [0.15, 0.2) is 5.43 Å². The SMILES string of the molecule is O=C(Cn1ccc(=O)c2ccccc21)NC[C@@H]1CCOc2ccccc2C1. The number of pyridine rings is 1. The molecule has 0 spiro atoms. The second kappa shape index (κ2) is 7.66. The van der Waals surface area contributed by atoms with Crippen LogP contribution in [0.3, 0.4) is 0 Å². The Morgan fingerprint density at radius 1 is 1.11 bits per heavy atom. The minimum Gasteiger partial charge on any atom is -0.493 e. The summed E-state index contributed by atoms with van der Waals surface area (Å²) in [6.07, 6.45) is 3.49. The van der Waals surface area contributed by atoms with E-state index in [2.05, 4.69) is 11.4 Å². The molecule has 5 nitrogen and oxygen atoms in total. The number of nitrogens with one attached hydrogen (secondary N) is 1. The molecule has 4 rings (SSSR count). The molecule has 0 unspecified atom stereocenters. The number of para-hydroxylation sites is 2. The maximum absolute atomic E-state index is 12.5. The highest BCUT2D eigenvalue weighted by atomic mass is 16.5. The molecule has 2 aromatic carbocycles. The van der Waals surface area contributed by atoms with Gasteiger partial charge in [0.05, 0.1) is 12.1 Å².